The lowest BCUT2D eigenvalue weighted by atomic mass is 9.99. The number of amides is 1. The number of carbonyl (C=O) groups excluding carboxylic acids is 1. The van der Waals surface area contributed by atoms with Gasteiger partial charge in [-0.1, -0.05) is 19.1 Å². The average molecular weight is 220 g/mol. The van der Waals surface area contributed by atoms with Crippen molar-refractivity contribution < 1.29 is 9.53 Å². The lowest BCUT2D eigenvalue weighted by Gasteiger charge is -2.29. The monoisotopic (exact) mass is 220 g/mol. The van der Waals surface area contributed by atoms with Crippen LogP contribution >= 0.6 is 0 Å². The SMILES string of the molecule is CC(CCN)C1Oc2ccccc2NC1=O. The third kappa shape index (κ3) is 2.02. The Labute approximate surface area is 94.8 Å². The molecule has 1 aromatic carbocycles. The Morgan fingerprint density at radius 1 is 1.50 bits per heavy atom. The van der Waals surface area contributed by atoms with Crippen LogP contribution in [0.15, 0.2) is 24.3 Å². The number of nitrogens with one attached hydrogen (secondary N) is 1. The minimum Gasteiger partial charge on any atom is -0.478 e. The predicted octanol–water partition coefficient (Wildman–Crippen LogP) is 1.37. The molecule has 2 unspecified atom stereocenters. The van der Waals surface area contributed by atoms with Gasteiger partial charge in [-0.2, -0.15) is 0 Å². The zero-order valence-electron chi connectivity index (χ0n) is 9.27. The van der Waals surface area contributed by atoms with Gasteiger partial charge >= 0.3 is 0 Å². The second-order valence-corrected chi connectivity index (χ2v) is 4.08. The summed E-state index contributed by atoms with van der Waals surface area (Å²) in [6.45, 7) is 2.54. The number of ether oxygens (including phenoxy) is 1. The first kappa shape index (κ1) is 11.0. The topological polar surface area (TPSA) is 64.3 Å². The molecule has 0 aromatic heterocycles. The van der Waals surface area contributed by atoms with Crippen molar-refractivity contribution in [2.24, 2.45) is 11.7 Å². The lowest BCUT2D eigenvalue weighted by molar-refractivity contribution is -0.125. The fourth-order valence-corrected chi connectivity index (χ4v) is 1.86. The first-order valence-electron chi connectivity index (χ1n) is 5.49. The number of fused-ring (bicyclic) bond motifs is 1. The van der Waals surface area contributed by atoms with Crippen molar-refractivity contribution in [1.82, 2.24) is 0 Å². The number of rotatable bonds is 3. The summed E-state index contributed by atoms with van der Waals surface area (Å²) in [7, 11) is 0. The molecule has 4 nitrogen and oxygen atoms in total. The number of anilines is 1. The van der Waals surface area contributed by atoms with Crippen molar-refractivity contribution in [3.05, 3.63) is 24.3 Å². The zero-order chi connectivity index (χ0) is 11.5. The molecule has 3 N–H and O–H groups in total. The van der Waals surface area contributed by atoms with Crippen LogP contribution in [0, 0.1) is 5.92 Å². The molecule has 0 radical (unpaired) electrons. The van der Waals surface area contributed by atoms with Gasteiger partial charge < -0.3 is 15.8 Å². The predicted molar refractivity (Wildman–Crippen MR) is 62.3 cm³/mol. The molecule has 1 aliphatic rings. The highest BCUT2D eigenvalue weighted by molar-refractivity contribution is 5.97. The molecule has 2 rings (SSSR count). The van der Waals surface area contributed by atoms with Crippen molar-refractivity contribution in [3.8, 4) is 5.75 Å². The number of para-hydroxylation sites is 2. The smallest absolute Gasteiger partial charge is 0.265 e. The minimum absolute atomic E-state index is 0.0837. The third-order valence-corrected chi connectivity index (χ3v) is 2.80. The van der Waals surface area contributed by atoms with E-state index in [0.717, 1.165) is 17.9 Å². The summed E-state index contributed by atoms with van der Waals surface area (Å²) >= 11 is 0. The minimum atomic E-state index is -0.432. The largest absolute Gasteiger partial charge is 0.478 e. The van der Waals surface area contributed by atoms with Crippen molar-refractivity contribution in [2.45, 2.75) is 19.4 Å². The van der Waals surface area contributed by atoms with Gasteiger partial charge in [0.05, 0.1) is 5.69 Å². The molecule has 2 atom stereocenters. The Morgan fingerprint density at radius 3 is 3.00 bits per heavy atom. The van der Waals surface area contributed by atoms with Crippen LogP contribution in [0.25, 0.3) is 0 Å². The summed E-state index contributed by atoms with van der Waals surface area (Å²) in [4.78, 5) is 11.8. The molecule has 16 heavy (non-hydrogen) atoms. The molecular formula is C12H16N2O2. The van der Waals surface area contributed by atoms with Crippen molar-refractivity contribution in [1.29, 1.82) is 0 Å². The van der Waals surface area contributed by atoms with Crippen LogP contribution in [-0.2, 0) is 4.79 Å². The average Bonchev–Trinajstić information content (AvgIpc) is 2.28. The van der Waals surface area contributed by atoms with E-state index in [9.17, 15) is 4.79 Å². The van der Waals surface area contributed by atoms with Gasteiger partial charge in [0, 0.05) is 5.92 Å². The fourth-order valence-electron chi connectivity index (χ4n) is 1.86. The molecule has 4 heteroatoms. The highest BCUT2D eigenvalue weighted by Gasteiger charge is 2.31. The van der Waals surface area contributed by atoms with Crippen LogP contribution < -0.4 is 15.8 Å². The summed E-state index contributed by atoms with van der Waals surface area (Å²) in [5.74, 6) is 0.772. The standard InChI is InChI=1S/C12H16N2O2/c1-8(6-7-13)11-12(15)14-9-4-2-3-5-10(9)16-11/h2-5,8,11H,6-7,13H2,1H3,(H,14,15). The first-order chi connectivity index (χ1) is 7.72. The molecule has 1 aliphatic heterocycles. The third-order valence-electron chi connectivity index (χ3n) is 2.80. The molecular weight excluding hydrogens is 204 g/mol. The number of carbonyl (C=O) groups is 1. The van der Waals surface area contributed by atoms with Gasteiger partial charge in [-0.05, 0) is 25.1 Å². The molecule has 86 valence electrons. The number of nitrogens with two attached hydrogens (primary N) is 1. The zero-order valence-corrected chi connectivity index (χ0v) is 9.27. The van der Waals surface area contributed by atoms with E-state index in [1.807, 2.05) is 31.2 Å². The maximum absolute atomic E-state index is 11.8. The molecule has 0 aliphatic carbocycles. The van der Waals surface area contributed by atoms with Crippen molar-refractivity contribution in [3.63, 3.8) is 0 Å². The maximum Gasteiger partial charge on any atom is 0.265 e. The number of hydrogen-bond acceptors (Lipinski definition) is 3. The molecule has 1 amide bonds. The van der Waals surface area contributed by atoms with Gasteiger partial charge in [-0.15, -0.1) is 0 Å². The molecule has 1 heterocycles. The molecule has 1 aromatic rings. The van der Waals surface area contributed by atoms with Gasteiger partial charge in [-0.25, -0.2) is 0 Å². The first-order valence-corrected chi connectivity index (χ1v) is 5.49. The van der Waals surface area contributed by atoms with Gasteiger partial charge in [0.25, 0.3) is 5.91 Å². The van der Waals surface area contributed by atoms with E-state index in [1.165, 1.54) is 0 Å². The van der Waals surface area contributed by atoms with E-state index in [1.54, 1.807) is 0 Å². The quantitative estimate of drug-likeness (QED) is 0.808. The van der Waals surface area contributed by atoms with E-state index < -0.39 is 6.10 Å². The van der Waals surface area contributed by atoms with Crippen molar-refractivity contribution in [2.75, 3.05) is 11.9 Å². The summed E-state index contributed by atoms with van der Waals surface area (Å²) in [6, 6.07) is 7.45. The fraction of sp³-hybridized carbons (Fsp3) is 0.417. The second kappa shape index (κ2) is 4.53. The van der Waals surface area contributed by atoms with E-state index in [4.69, 9.17) is 10.5 Å². The van der Waals surface area contributed by atoms with Gasteiger partial charge in [0.15, 0.2) is 6.10 Å². The summed E-state index contributed by atoms with van der Waals surface area (Å²) < 4.78 is 5.69. The van der Waals surface area contributed by atoms with Crippen LogP contribution in [0.1, 0.15) is 13.3 Å². The normalized spacial score (nSPS) is 20.6. The summed E-state index contributed by atoms with van der Waals surface area (Å²) in [5.41, 5.74) is 6.23. The Balaban J connectivity index is 2.18. The van der Waals surface area contributed by atoms with Crippen LogP contribution in [0.4, 0.5) is 5.69 Å². The highest BCUT2D eigenvalue weighted by atomic mass is 16.5. The molecule has 0 saturated heterocycles. The van der Waals surface area contributed by atoms with Gasteiger partial charge in [0.2, 0.25) is 0 Å². The van der Waals surface area contributed by atoms with E-state index in [-0.39, 0.29) is 11.8 Å². The summed E-state index contributed by atoms with van der Waals surface area (Å²) in [6.07, 6.45) is 0.346. The van der Waals surface area contributed by atoms with Crippen molar-refractivity contribution >= 4 is 11.6 Å². The highest BCUT2D eigenvalue weighted by Crippen LogP contribution is 2.31. The Morgan fingerprint density at radius 2 is 2.25 bits per heavy atom. The van der Waals surface area contributed by atoms with Gasteiger partial charge in [0.1, 0.15) is 5.75 Å². The number of hydrogen-bond donors (Lipinski definition) is 2. The molecule has 0 bridgehead atoms. The van der Waals surface area contributed by atoms with Gasteiger partial charge in [-0.3, -0.25) is 4.79 Å². The van der Waals surface area contributed by atoms with E-state index >= 15 is 0 Å². The molecule has 0 saturated carbocycles. The molecule has 0 fully saturated rings. The number of benzene rings is 1. The Hall–Kier alpha value is -1.55. The lowest BCUT2D eigenvalue weighted by Crippen LogP contribution is -2.42. The summed E-state index contributed by atoms with van der Waals surface area (Å²) in [5, 5.41) is 2.84. The van der Waals surface area contributed by atoms with E-state index in [0.29, 0.717) is 6.54 Å². The molecule has 0 spiro atoms. The van der Waals surface area contributed by atoms with Crippen LogP contribution in [0.2, 0.25) is 0 Å². The Kier molecular flexibility index (Phi) is 3.10. The van der Waals surface area contributed by atoms with Crippen LogP contribution in [-0.4, -0.2) is 18.6 Å². The maximum atomic E-state index is 11.8. The van der Waals surface area contributed by atoms with Crippen LogP contribution in [0.3, 0.4) is 0 Å². The van der Waals surface area contributed by atoms with Crippen LogP contribution in [0.5, 0.6) is 5.75 Å². The second-order valence-electron chi connectivity index (χ2n) is 4.08. The van der Waals surface area contributed by atoms with E-state index in [2.05, 4.69) is 5.32 Å². The Bertz CT molecular complexity index is 392.